The summed E-state index contributed by atoms with van der Waals surface area (Å²) >= 11 is 0. The lowest BCUT2D eigenvalue weighted by Gasteiger charge is -2.26. The van der Waals surface area contributed by atoms with E-state index in [-0.39, 0.29) is 17.6 Å². The second-order valence-electron chi connectivity index (χ2n) is 8.95. The first-order chi connectivity index (χ1) is 15.9. The third-order valence-corrected chi connectivity index (χ3v) is 6.52. The van der Waals surface area contributed by atoms with Crippen molar-refractivity contribution in [1.29, 1.82) is 0 Å². The molecule has 1 aromatic carbocycles. The molecular formula is C24H31F3N4O2. The fraction of sp³-hybridized carbons (Fsp3) is 0.583. The number of aromatic nitrogens is 1. The molecule has 0 atom stereocenters. The average Bonchev–Trinajstić information content (AvgIpc) is 3.47. The third-order valence-electron chi connectivity index (χ3n) is 6.52. The molecule has 0 radical (unpaired) electrons. The Morgan fingerprint density at radius 1 is 1.06 bits per heavy atom. The maximum absolute atomic E-state index is 13.0. The van der Waals surface area contributed by atoms with Gasteiger partial charge in [0.15, 0.2) is 11.5 Å². The van der Waals surface area contributed by atoms with Crippen LogP contribution in [0.4, 0.5) is 13.2 Å². The molecule has 1 amide bonds. The zero-order valence-electron chi connectivity index (χ0n) is 18.7. The van der Waals surface area contributed by atoms with Crippen molar-refractivity contribution in [2.45, 2.75) is 63.7 Å². The number of benzene rings is 1. The summed E-state index contributed by atoms with van der Waals surface area (Å²) in [4.78, 5) is 15.3. The van der Waals surface area contributed by atoms with Crippen molar-refractivity contribution in [2.75, 3.05) is 26.2 Å². The Morgan fingerprint density at radius 3 is 2.42 bits per heavy atom. The van der Waals surface area contributed by atoms with E-state index in [9.17, 15) is 18.0 Å². The number of alkyl halides is 3. The number of likely N-dealkylation sites (tertiary alicyclic amines) is 1. The van der Waals surface area contributed by atoms with Crippen LogP contribution in [0.2, 0.25) is 0 Å². The molecule has 33 heavy (non-hydrogen) atoms. The lowest BCUT2D eigenvalue weighted by atomic mass is 10.0. The minimum Gasteiger partial charge on any atom is -0.355 e. The molecule has 4 rings (SSSR count). The monoisotopic (exact) mass is 464 g/mol. The van der Waals surface area contributed by atoms with E-state index >= 15 is 0 Å². The number of nitrogens with one attached hydrogen (secondary N) is 2. The van der Waals surface area contributed by atoms with E-state index in [1.54, 1.807) is 0 Å². The molecule has 6 nitrogen and oxygen atoms in total. The van der Waals surface area contributed by atoms with Gasteiger partial charge >= 0.3 is 6.18 Å². The summed E-state index contributed by atoms with van der Waals surface area (Å²) in [5, 5.41) is 10.4. The van der Waals surface area contributed by atoms with E-state index < -0.39 is 11.7 Å². The first-order valence-electron chi connectivity index (χ1n) is 11.8. The van der Waals surface area contributed by atoms with Gasteiger partial charge in [-0.25, -0.2) is 0 Å². The van der Waals surface area contributed by atoms with Gasteiger partial charge in [-0.05, 0) is 50.9 Å². The van der Waals surface area contributed by atoms with E-state index in [0.29, 0.717) is 23.4 Å². The van der Waals surface area contributed by atoms with Gasteiger partial charge in [0.05, 0.1) is 5.56 Å². The molecule has 1 saturated carbocycles. The van der Waals surface area contributed by atoms with Crippen LogP contribution in [-0.2, 0) is 12.7 Å². The van der Waals surface area contributed by atoms with Gasteiger partial charge in [0, 0.05) is 36.8 Å². The highest BCUT2D eigenvalue weighted by atomic mass is 19.4. The highest BCUT2D eigenvalue weighted by molar-refractivity contribution is 5.95. The smallest absolute Gasteiger partial charge is 0.355 e. The van der Waals surface area contributed by atoms with E-state index in [4.69, 9.17) is 4.52 Å². The number of halogens is 3. The molecular weight excluding hydrogens is 433 g/mol. The fourth-order valence-corrected chi connectivity index (χ4v) is 4.65. The second-order valence-corrected chi connectivity index (χ2v) is 8.95. The van der Waals surface area contributed by atoms with Crippen LogP contribution in [0.25, 0.3) is 11.3 Å². The van der Waals surface area contributed by atoms with E-state index in [1.807, 2.05) is 0 Å². The summed E-state index contributed by atoms with van der Waals surface area (Å²) in [5.41, 5.74) is 0.501. The van der Waals surface area contributed by atoms with Crippen LogP contribution in [0.15, 0.2) is 28.8 Å². The van der Waals surface area contributed by atoms with E-state index in [2.05, 4.69) is 20.7 Å². The third kappa shape index (κ3) is 6.14. The van der Waals surface area contributed by atoms with Crippen molar-refractivity contribution in [3.05, 3.63) is 41.1 Å². The van der Waals surface area contributed by atoms with Crippen LogP contribution < -0.4 is 10.6 Å². The van der Waals surface area contributed by atoms with Crippen molar-refractivity contribution in [3.63, 3.8) is 0 Å². The second kappa shape index (κ2) is 10.7. The Hall–Kier alpha value is -2.39. The summed E-state index contributed by atoms with van der Waals surface area (Å²) in [7, 11) is 0. The van der Waals surface area contributed by atoms with Crippen LogP contribution >= 0.6 is 0 Å². The Labute approximate surface area is 191 Å². The summed E-state index contributed by atoms with van der Waals surface area (Å²) in [5.74, 6) is 0.0300. The van der Waals surface area contributed by atoms with Gasteiger partial charge in [-0.2, -0.15) is 13.2 Å². The first kappa shape index (κ1) is 23.8. The molecule has 2 aliphatic rings. The lowest BCUT2D eigenvalue weighted by molar-refractivity contribution is -0.137. The van der Waals surface area contributed by atoms with Gasteiger partial charge in [0.25, 0.3) is 5.91 Å². The Morgan fingerprint density at radius 2 is 1.76 bits per heavy atom. The molecule has 180 valence electrons. The zero-order chi connectivity index (χ0) is 23.3. The predicted octanol–water partition coefficient (Wildman–Crippen LogP) is 4.61. The largest absolute Gasteiger partial charge is 0.416 e. The lowest BCUT2D eigenvalue weighted by Crippen LogP contribution is -2.36. The van der Waals surface area contributed by atoms with Crippen molar-refractivity contribution in [3.8, 4) is 11.3 Å². The number of carbonyl (C=O) groups is 1. The van der Waals surface area contributed by atoms with Gasteiger partial charge < -0.3 is 20.1 Å². The minimum atomic E-state index is -4.41. The van der Waals surface area contributed by atoms with Crippen molar-refractivity contribution in [2.24, 2.45) is 0 Å². The Balaban J connectivity index is 1.49. The maximum Gasteiger partial charge on any atom is 0.416 e. The van der Waals surface area contributed by atoms with Gasteiger partial charge in [-0.3, -0.25) is 4.79 Å². The highest BCUT2D eigenvalue weighted by Crippen LogP contribution is 2.33. The number of hydrogen-bond donors (Lipinski definition) is 2. The summed E-state index contributed by atoms with van der Waals surface area (Å²) in [6.07, 6.45) is 3.37. The van der Waals surface area contributed by atoms with Gasteiger partial charge in [-0.15, -0.1) is 0 Å². The van der Waals surface area contributed by atoms with Crippen LogP contribution in [0.3, 0.4) is 0 Å². The average molecular weight is 465 g/mol. The minimum absolute atomic E-state index is 0.128. The molecule has 1 saturated heterocycles. The highest BCUT2D eigenvalue weighted by Gasteiger charge is 2.31. The summed E-state index contributed by atoms with van der Waals surface area (Å²) in [6.45, 7) is 4.19. The molecule has 0 spiro atoms. The molecule has 2 aromatic rings. The van der Waals surface area contributed by atoms with Crippen molar-refractivity contribution >= 4 is 5.91 Å². The maximum atomic E-state index is 13.0. The number of nitrogens with zero attached hydrogens (tertiary/aromatic N) is 2. The molecule has 0 bridgehead atoms. The molecule has 1 aromatic heterocycles. The Kier molecular flexibility index (Phi) is 7.70. The zero-order valence-corrected chi connectivity index (χ0v) is 18.7. The number of amides is 1. The molecule has 2 N–H and O–H groups in total. The van der Waals surface area contributed by atoms with Crippen molar-refractivity contribution in [1.82, 2.24) is 20.7 Å². The van der Waals surface area contributed by atoms with Crippen LogP contribution in [0, 0.1) is 0 Å². The van der Waals surface area contributed by atoms with Crippen molar-refractivity contribution < 1.29 is 22.5 Å². The summed E-state index contributed by atoms with van der Waals surface area (Å²) in [6, 6.07) is 4.88. The van der Waals surface area contributed by atoms with Gasteiger partial charge in [0.2, 0.25) is 0 Å². The molecule has 1 aliphatic heterocycles. The number of rotatable bonds is 8. The Bertz CT molecular complexity index is 915. The first-order valence-corrected chi connectivity index (χ1v) is 11.8. The van der Waals surface area contributed by atoms with Gasteiger partial charge in [-0.1, -0.05) is 36.6 Å². The number of piperidine rings is 1. The van der Waals surface area contributed by atoms with E-state index in [1.165, 1.54) is 31.4 Å². The molecule has 2 fully saturated rings. The topological polar surface area (TPSA) is 70.4 Å². The number of carbonyl (C=O) groups excluding carboxylic acids is 1. The SMILES string of the molecule is O=C(NC1CCCC1)c1noc(-c2ccc(C(F)(F)F)cc2)c1CNCCN1CCCCC1. The number of hydrogen-bond acceptors (Lipinski definition) is 5. The van der Waals surface area contributed by atoms with Crippen LogP contribution in [0.1, 0.15) is 66.6 Å². The quantitative estimate of drug-likeness (QED) is 0.559. The fourth-order valence-electron chi connectivity index (χ4n) is 4.65. The predicted molar refractivity (Wildman–Crippen MR) is 119 cm³/mol. The normalized spacial score (nSPS) is 18.0. The molecule has 1 aliphatic carbocycles. The van der Waals surface area contributed by atoms with E-state index in [0.717, 1.165) is 64.0 Å². The standard InChI is InChI=1S/C24H31F3N4O2/c25-24(26,27)18-10-8-17(9-11-18)22-20(16-28-12-15-31-13-4-1-5-14-31)21(30-33-22)23(32)29-19-6-2-3-7-19/h8-11,19,28H,1-7,12-16H2,(H,29,32). The van der Waals surface area contributed by atoms with Crippen LogP contribution in [0.5, 0.6) is 0 Å². The van der Waals surface area contributed by atoms with Gasteiger partial charge in [0.1, 0.15) is 0 Å². The van der Waals surface area contributed by atoms with Crippen LogP contribution in [-0.4, -0.2) is 48.2 Å². The molecule has 0 unspecified atom stereocenters. The summed E-state index contributed by atoms with van der Waals surface area (Å²) < 4.78 is 44.4. The molecule has 2 heterocycles. The molecule has 9 heteroatoms.